The van der Waals surface area contributed by atoms with Gasteiger partial charge in [0.1, 0.15) is 12.4 Å². The highest BCUT2D eigenvalue weighted by Crippen LogP contribution is 2.27. The molecule has 5 rings (SSSR count). The molecule has 3 aromatic rings. The van der Waals surface area contributed by atoms with Gasteiger partial charge >= 0.3 is 0 Å². The van der Waals surface area contributed by atoms with Crippen molar-refractivity contribution in [3.05, 3.63) is 53.7 Å². The number of aliphatic hydroxyl groups is 1. The molecule has 0 saturated carbocycles. The number of fused-ring (bicyclic) bond motifs is 1. The average Bonchev–Trinajstić information content (AvgIpc) is 3.33. The predicted octanol–water partition coefficient (Wildman–Crippen LogP) is 1.15. The zero-order chi connectivity index (χ0) is 24.6. The number of ether oxygens (including phenoxy) is 1. The lowest BCUT2D eigenvalue weighted by Gasteiger charge is -2.30. The van der Waals surface area contributed by atoms with Gasteiger partial charge in [0.25, 0.3) is 11.8 Å². The second kappa shape index (κ2) is 9.06. The van der Waals surface area contributed by atoms with Crippen molar-refractivity contribution in [3.63, 3.8) is 0 Å². The van der Waals surface area contributed by atoms with E-state index in [0.717, 1.165) is 19.6 Å². The van der Waals surface area contributed by atoms with Crippen LogP contribution in [0.15, 0.2) is 42.5 Å². The summed E-state index contributed by atoms with van der Waals surface area (Å²) in [6, 6.07) is 12.7. The van der Waals surface area contributed by atoms with Gasteiger partial charge in [-0.15, -0.1) is 0 Å². The first kappa shape index (κ1) is 22.9. The number of rotatable bonds is 6. The summed E-state index contributed by atoms with van der Waals surface area (Å²) in [6.45, 7) is 4.11. The van der Waals surface area contributed by atoms with Crippen LogP contribution in [-0.4, -0.2) is 81.9 Å². The van der Waals surface area contributed by atoms with Gasteiger partial charge < -0.3 is 20.5 Å². The van der Waals surface area contributed by atoms with E-state index in [9.17, 15) is 14.7 Å². The standard InChI is InChI=1S/C26H27N5O4/c1-29-13-10-26(34,25(29)33)9-8-18-4-2-5-19(16-18)31-22-7-6-20(35-15-14-30-11-3-12-30)17-21(22)23(28-31)24(27)32/h2,4-7,16-17,34H,3,10-15H2,1H3,(H2,27,32)/t26-/m0/s1. The third kappa shape index (κ3) is 4.46. The molecule has 3 heterocycles. The Hall–Kier alpha value is -3.87. The van der Waals surface area contributed by atoms with E-state index < -0.39 is 17.4 Å². The number of benzene rings is 2. The fourth-order valence-corrected chi connectivity index (χ4v) is 4.32. The minimum absolute atomic E-state index is 0.151. The van der Waals surface area contributed by atoms with Crippen LogP contribution in [0.3, 0.4) is 0 Å². The molecule has 2 amide bonds. The molecule has 9 nitrogen and oxygen atoms in total. The van der Waals surface area contributed by atoms with Gasteiger partial charge in [0.2, 0.25) is 5.60 Å². The van der Waals surface area contributed by atoms with Crippen molar-refractivity contribution in [2.24, 2.45) is 5.73 Å². The van der Waals surface area contributed by atoms with Gasteiger partial charge in [-0.3, -0.25) is 14.5 Å². The number of amides is 2. The summed E-state index contributed by atoms with van der Waals surface area (Å²) in [5, 5.41) is 15.6. The van der Waals surface area contributed by atoms with Gasteiger partial charge in [-0.1, -0.05) is 17.9 Å². The first-order chi connectivity index (χ1) is 16.8. The Labute approximate surface area is 203 Å². The third-order valence-electron chi connectivity index (χ3n) is 6.52. The second-order valence-corrected chi connectivity index (χ2v) is 8.98. The topological polar surface area (TPSA) is 114 Å². The van der Waals surface area contributed by atoms with Crippen molar-refractivity contribution >= 4 is 22.7 Å². The molecule has 0 radical (unpaired) electrons. The van der Waals surface area contributed by atoms with Crippen LogP contribution in [0.5, 0.6) is 5.75 Å². The molecule has 2 aliphatic heterocycles. The van der Waals surface area contributed by atoms with Gasteiger partial charge in [-0.2, -0.15) is 5.10 Å². The zero-order valence-corrected chi connectivity index (χ0v) is 19.5. The highest BCUT2D eigenvalue weighted by atomic mass is 16.5. The number of hydrogen-bond acceptors (Lipinski definition) is 6. The number of carbonyl (C=O) groups excluding carboxylic acids is 2. The molecule has 1 aromatic heterocycles. The van der Waals surface area contributed by atoms with Crippen LogP contribution in [0.1, 0.15) is 28.9 Å². The van der Waals surface area contributed by atoms with E-state index in [1.807, 2.05) is 18.2 Å². The van der Waals surface area contributed by atoms with Crippen molar-refractivity contribution in [1.82, 2.24) is 19.6 Å². The van der Waals surface area contributed by atoms with Crippen LogP contribution in [0, 0.1) is 11.8 Å². The quantitative estimate of drug-likeness (QED) is 0.520. The minimum Gasteiger partial charge on any atom is -0.492 e. The number of aromatic nitrogens is 2. The predicted molar refractivity (Wildman–Crippen MR) is 130 cm³/mol. The largest absolute Gasteiger partial charge is 0.492 e. The Morgan fingerprint density at radius 1 is 1.23 bits per heavy atom. The molecule has 2 fully saturated rings. The van der Waals surface area contributed by atoms with Crippen molar-refractivity contribution < 1.29 is 19.4 Å². The molecule has 2 aromatic carbocycles. The summed E-state index contributed by atoms with van der Waals surface area (Å²) in [7, 11) is 1.64. The van der Waals surface area contributed by atoms with Gasteiger partial charge in [0, 0.05) is 37.5 Å². The molecular weight excluding hydrogens is 446 g/mol. The summed E-state index contributed by atoms with van der Waals surface area (Å²) >= 11 is 0. The average molecular weight is 474 g/mol. The lowest BCUT2D eigenvalue weighted by molar-refractivity contribution is -0.137. The molecule has 35 heavy (non-hydrogen) atoms. The van der Waals surface area contributed by atoms with Gasteiger partial charge in [-0.05, 0) is 55.9 Å². The van der Waals surface area contributed by atoms with E-state index in [1.165, 1.54) is 11.3 Å². The second-order valence-electron chi connectivity index (χ2n) is 8.98. The molecule has 2 aliphatic rings. The molecular formula is C26H27N5O4. The number of nitrogens with two attached hydrogens (primary N) is 1. The summed E-state index contributed by atoms with van der Waals surface area (Å²) in [6.07, 6.45) is 1.50. The van der Waals surface area contributed by atoms with Crippen LogP contribution in [0.4, 0.5) is 0 Å². The minimum atomic E-state index is -1.67. The molecule has 2 saturated heterocycles. The smallest absolute Gasteiger partial charge is 0.269 e. The monoisotopic (exact) mass is 473 g/mol. The number of carbonyl (C=O) groups is 2. The Bertz CT molecular complexity index is 1370. The van der Waals surface area contributed by atoms with E-state index in [-0.39, 0.29) is 12.1 Å². The van der Waals surface area contributed by atoms with Crippen LogP contribution in [-0.2, 0) is 4.79 Å². The lowest BCUT2D eigenvalue weighted by Crippen LogP contribution is -2.39. The number of likely N-dealkylation sites (N-methyl/N-ethyl adjacent to an activating group) is 1. The van der Waals surface area contributed by atoms with E-state index in [0.29, 0.717) is 41.1 Å². The van der Waals surface area contributed by atoms with Gasteiger partial charge in [0.15, 0.2) is 5.69 Å². The Balaban J connectivity index is 1.44. The van der Waals surface area contributed by atoms with E-state index in [4.69, 9.17) is 10.5 Å². The Kier molecular flexibility index (Phi) is 5.93. The van der Waals surface area contributed by atoms with Crippen LogP contribution in [0.25, 0.3) is 16.6 Å². The molecule has 3 N–H and O–H groups in total. The highest BCUT2D eigenvalue weighted by molar-refractivity contribution is 6.04. The molecule has 0 aliphatic carbocycles. The molecule has 9 heteroatoms. The fourth-order valence-electron chi connectivity index (χ4n) is 4.32. The van der Waals surface area contributed by atoms with Crippen molar-refractivity contribution in [2.75, 3.05) is 39.8 Å². The first-order valence-electron chi connectivity index (χ1n) is 11.6. The van der Waals surface area contributed by atoms with Crippen LogP contribution in [0.2, 0.25) is 0 Å². The summed E-state index contributed by atoms with van der Waals surface area (Å²) < 4.78 is 7.52. The van der Waals surface area contributed by atoms with E-state index in [1.54, 1.807) is 36.0 Å². The first-order valence-corrected chi connectivity index (χ1v) is 11.6. The fraction of sp³-hybridized carbons (Fsp3) is 0.346. The highest BCUT2D eigenvalue weighted by Gasteiger charge is 2.42. The number of likely N-dealkylation sites (tertiary alicyclic amines) is 2. The third-order valence-corrected chi connectivity index (χ3v) is 6.52. The molecule has 180 valence electrons. The number of hydrogen-bond donors (Lipinski definition) is 2. The van der Waals surface area contributed by atoms with E-state index >= 15 is 0 Å². The molecule has 0 bridgehead atoms. The SMILES string of the molecule is CN1CC[C@@](O)(C#Cc2cccc(-n3nc(C(N)=O)c4cc(OCCN5CCC5)ccc43)c2)C1=O. The maximum atomic E-state index is 12.2. The lowest BCUT2D eigenvalue weighted by atomic mass is 10.0. The number of primary amides is 1. The number of nitrogens with zero attached hydrogens (tertiary/aromatic N) is 4. The zero-order valence-electron chi connectivity index (χ0n) is 19.5. The van der Waals surface area contributed by atoms with Crippen LogP contribution >= 0.6 is 0 Å². The summed E-state index contributed by atoms with van der Waals surface area (Å²) in [4.78, 5) is 28.1. The van der Waals surface area contributed by atoms with Crippen LogP contribution < -0.4 is 10.5 Å². The maximum absolute atomic E-state index is 12.2. The summed E-state index contributed by atoms with van der Waals surface area (Å²) in [5.74, 6) is 5.27. The van der Waals surface area contributed by atoms with Crippen molar-refractivity contribution in [1.29, 1.82) is 0 Å². The Morgan fingerprint density at radius 2 is 2.06 bits per heavy atom. The van der Waals surface area contributed by atoms with Crippen molar-refractivity contribution in [3.8, 4) is 23.3 Å². The maximum Gasteiger partial charge on any atom is 0.269 e. The summed E-state index contributed by atoms with van der Waals surface area (Å²) in [5.41, 5.74) is 6.08. The molecule has 0 unspecified atom stereocenters. The van der Waals surface area contributed by atoms with Gasteiger partial charge in [-0.25, -0.2) is 4.68 Å². The van der Waals surface area contributed by atoms with Crippen molar-refractivity contribution in [2.45, 2.75) is 18.4 Å². The Morgan fingerprint density at radius 3 is 2.74 bits per heavy atom. The van der Waals surface area contributed by atoms with Gasteiger partial charge in [0.05, 0.1) is 11.2 Å². The molecule has 1 atom stereocenters. The normalized spacial score (nSPS) is 19.9. The molecule has 0 spiro atoms. The van der Waals surface area contributed by atoms with E-state index in [2.05, 4.69) is 21.8 Å².